The summed E-state index contributed by atoms with van der Waals surface area (Å²) in [6, 6.07) is 4.85. The lowest BCUT2D eigenvalue weighted by Gasteiger charge is -2.09. The van der Waals surface area contributed by atoms with E-state index in [1.807, 2.05) is 0 Å². The lowest BCUT2D eigenvalue weighted by molar-refractivity contribution is 0.0156. The van der Waals surface area contributed by atoms with E-state index in [0.29, 0.717) is 0 Å². The molecule has 2 heterocycles. The second-order valence-electron chi connectivity index (χ2n) is 3.58. The van der Waals surface area contributed by atoms with Crippen molar-refractivity contribution in [3.05, 3.63) is 29.0 Å². The van der Waals surface area contributed by atoms with Crippen LogP contribution in [-0.4, -0.2) is 30.3 Å². The number of ether oxygens (including phenoxy) is 2. The molecule has 0 amide bonds. The van der Waals surface area contributed by atoms with Crippen LogP contribution in [0, 0.1) is 0 Å². The van der Waals surface area contributed by atoms with Gasteiger partial charge in [0, 0.05) is 6.61 Å². The van der Waals surface area contributed by atoms with Gasteiger partial charge in [-0.05, 0) is 25.0 Å². The van der Waals surface area contributed by atoms with Gasteiger partial charge in [0.05, 0.1) is 6.10 Å². The molecular formula is C11H12ClNO3. The summed E-state index contributed by atoms with van der Waals surface area (Å²) >= 11 is 5.67. The van der Waals surface area contributed by atoms with Gasteiger partial charge in [-0.1, -0.05) is 17.7 Å². The van der Waals surface area contributed by atoms with Gasteiger partial charge >= 0.3 is 5.97 Å². The van der Waals surface area contributed by atoms with E-state index >= 15 is 0 Å². The highest BCUT2D eigenvalue weighted by atomic mass is 35.5. The first-order chi connectivity index (χ1) is 7.75. The molecule has 1 atom stereocenters. The Labute approximate surface area is 98.5 Å². The summed E-state index contributed by atoms with van der Waals surface area (Å²) in [7, 11) is 0. The first-order valence-electron chi connectivity index (χ1n) is 5.17. The van der Waals surface area contributed by atoms with E-state index in [-0.39, 0.29) is 23.6 Å². The van der Waals surface area contributed by atoms with Crippen molar-refractivity contribution in [2.24, 2.45) is 0 Å². The van der Waals surface area contributed by atoms with Crippen molar-refractivity contribution in [3.63, 3.8) is 0 Å². The monoisotopic (exact) mass is 241 g/mol. The van der Waals surface area contributed by atoms with Gasteiger partial charge in [-0.25, -0.2) is 9.78 Å². The normalized spacial score (nSPS) is 19.7. The fraction of sp³-hybridized carbons (Fsp3) is 0.455. The van der Waals surface area contributed by atoms with Crippen molar-refractivity contribution in [1.82, 2.24) is 4.98 Å². The number of nitrogens with zero attached hydrogens (tertiary/aromatic N) is 1. The van der Waals surface area contributed by atoms with Gasteiger partial charge in [0.25, 0.3) is 0 Å². The van der Waals surface area contributed by atoms with Crippen LogP contribution in [0.25, 0.3) is 0 Å². The minimum atomic E-state index is -0.460. The van der Waals surface area contributed by atoms with E-state index in [1.54, 1.807) is 18.2 Å². The van der Waals surface area contributed by atoms with Gasteiger partial charge in [0.1, 0.15) is 17.5 Å². The van der Waals surface area contributed by atoms with Crippen molar-refractivity contribution >= 4 is 17.6 Å². The summed E-state index contributed by atoms with van der Waals surface area (Å²) in [5.74, 6) is -0.460. The van der Waals surface area contributed by atoms with Gasteiger partial charge < -0.3 is 9.47 Å². The number of esters is 1. The first-order valence-corrected chi connectivity index (χ1v) is 5.55. The molecule has 0 saturated carbocycles. The number of hydrogen-bond acceptors (Lipinski definition) is 4. The molecule has 0 bridgehead atoms. The van der Waals surface area contributed by atoms with E-state index in [0.717, 1.165) is 19.4 Å². The zero-order valence-electron chi connectivity index (χ0n) is 8.69. The average Bonchev–Trinajstić information content (AvgIpc) is 2.78. The van der Waals surface area contributed by atoms with E-state index in [2.05, 4.69) is 4.98 Å². The standard InChI is InChI=1S/C11H12ClNO3/c12-10-5-1-4-9(13-10)11(14)16-7-8-3-2-6-15-8/h1,4-5,8H,2-3,6-7H2. The highest BCUT2D eigenvalue weighted by Gasteiger charge is 2.18. The lowest BCUT2D eigenvalue weighted by atomic mass is 10.2. The van der Waals surface area contributed by atoms with E-state index in [9.17, 15) is 4.79 Å². The van der Waals surface area contributed by atoms with Crippen LogP contribution in [-0.2, 0) is 9.47 Å². The van der Waals surface area contributed by atoms with Crippen molar-refractivity contribution in [3.8, 4) is 0 Å². The quantitative estimate of drug-likeness (QED) is 0.601. The third-order valence-electron chi connectivity index (χ3n) is 2.35. The van der Waals surface area contributed by atoms with Crippen LogP contribution in [0.1, 0.15) is 23.3 Å². The topological polar surface area (TPSA) is 48.4 Å². The molecule has 0 aromatic carbocycles. The Bertz CT molecular complexity index is 377. The molecule has 16 heavy (non-hydrogen) atoms. The fourth-order valence-corrected chi connectivity index (χ4v) is 1.70. The Hall–Kier alpha value is -1.13. The number of rotatable bonds is 3. The largest absolute Gasteiger partial charge is 0.458 e. The molecule has 1 aliphatic rings. The molecule has 0 spiro atoms. The first kappa shape index (κ1) is 11.4. The summed E-state index contributed by atoms with van der Waals surface area (Å²) in [5, 5.41) is 0.284. The van der Waals surface area contributed by atoms with Crippen LogP contribution in [0.4, 0.5) is 0 Å². The van der Waals surface area contributed by atoms with Gasteiger partial charge in [0.15, 0.2) is 0 Å². The molecule has 86 valence electrons. The highest BCUT2D eigenvalue weighted by molar-refractivity contribution is 6.29. The van der Waals surface area contributed by atoms with E-state index in [1.165, 1.54) is 0 Å². The fourth-order valence-electron chi connectivity index (χ4n) is 1.54. The number of pyridine rings is 1. The second kappa shape index (κ2) is 5.27. The molecule has 1 aliphatic heterocycles. The predicted molar refractivity (Wildman–Crippen MR) is 58.5 cm³/mol. The molecule has 1 aromatic heterocycles. The van der Waals surface area contributed by atoms with Crippen molar-refractivity contribution in [1.29, 1.82) is 0 Å². The summed E-state index contributed by atoms with van der Waals surface area (Å²) in [4.78, 5) is 15.4. The smallest absolute Gasteiger partial charge is 0.357 e. The SMILES string of the molecule is O=C(OCC1CCCO1)c1cccc(Cl)n1. The van der Waals surface area contributed by atoms with Crippen molar-refractivity contribution < 1.29 is 14.3 Å². The second-order valence-corrected chi connectivity index (χ2v) is 3.97. The molecule has 1 fully saturated rings. The number of halogens is 1. The van der Waals surface area contributed by atoms with Gasteiger partial charge in [-0.15, -0.1) is 0 Å². The Morgan fingerprint density at radius 3 is 3.19 bits per heavy atom. The Balaban J connectivity index is 1.87. The van der Waals surface area contributed by atoms with Crippen LogP contribution in [0.15, 0.2) is 18.2 Å². The molecule has 0 radical (unpaired) electrons. The molecule has 1 unspecified atom stereocenters. The van der Waals surface area contributed by atoms with Gasteiger partial charge in [-0.2, -0.15) is 0 Å². The zero-order valence-corrected chi connectivity index (χ0v) is 9.44. The lowest BCUT2D eigenvalue weighted by Crippen LogP contribution is -2.18. The van der Waals surface area contributed by atoms with Crippen molar-refractivity contribution in [2.45, 2.75) is 18.9 Å². The summed E-state index contributed by atoms with van der Waals surface area (Å²) in [5.41, 5.74) is 0.227. The Morgan fingerprint density at radius 1 is 1.62 bits per heavy atom. The number of hydrogen-bond donors (Lipinski definition) is 0. The molecular weight excluding hydrogens is 230 g/mol. The zero-order chi connectivity index (χ0) is 11.4. The maximum absolute atomic E-state index is 11.6. The van der Waals surface area contributed by atoms with Crippen LogP contribution < -0.4 is 0 Å². The third kappa shape index (κ3) is 2.93. The summed E-state index contributed by atoms with van der Waals surface area (Å²) in [6.07, 6.45) is 2.00. The summed E-state index contributed by atoms with van der Waals surface area (Å²) < 4.78 is 10.4. The van der Waals surface area contributed by atoms with E-state index in [4.69, 9.17) is 21.1 Å². The van der Waals surface area contributed by atoms with E-state index < -0.39 is 5.97 Å². The third-order valence-corrected chi connectivity index (χ3v) is 2.56. The minimum Gasteiger partial charge on any atom is -0.458 e. The maximum atomic E-state index is 11.6. The Kier molecular flexibility index (Phi) is 3.74. The molecule has 0 aliphatic carbocycles. The Morgan fingerprint density at radius 2 is 2.50 bits per heavy atom. The van der Waals surface area contributed by atoms with Crippen molar-refractivity contribution in [2.75, 3.05) is 13.2 Å². The number of carbonyl (C=O) groups excluding carboxylic acids is 1. The molecule has 0 N–H and O–H groups in total. The molecule has 1 aromatic rings. The summed E-state index contributed by atoms with van der Waals surface area (Å²) in [6.45, 7) is 1.03. The molecule has 1 saturated heterocycles. The van der Waals surface area contributed by atoms with Crippen LogP contribution in [0.3, 0.4) is 0 Å². The minimum absolute atomic E-state index is 0.0307. The average molecular weight is 242 g/mol. The maximum Gasteiger partial charge on any atom is 0.357 e. The molecule has 2 rings (SSSR count). The van der Waals surface area contributed by atoms with Crippen LogP contribution in [0.2, 0.25) is 5.15 Å². The van der Waals surface area contributed by atoms with Crippen LogP contribution >= 0.6 is 11.6 Å². The molecule has 4 nitrogen and oxygen atoms in total. The predicted octanol–water partition coefficient (Wildman–Crippen LogP) is 2.07. The number of carbonyl (C=O) groups is 1. The highest BCUT2D eigenvalue weighted by Crippen LogP contribution is 2.13. The van der Waals surface area contributed by atoms with Gasteiger partial charge in [0.2, 0.25) is 0 Å². The number of aromatic nitrogens is 1. The van der Waals surface area contributed by atoms with Crippen LogP contribution in [0.5, 0.6) is 0 Å². The van der Waals surface area contributed by atoms with Gasteiger partial charge in [-0.3, -0.25) is 0 Å². The molecule has 5 heteroatoms.